The average molecular weight is 292 g/mol. The largest absolute Gasteiger partial charge is 0.497 e. The van der Waals surface area contributed by atoms with Gasteiger partial charge in [0.15, 0.2) is 0 Å². The summed E-state index contributed by atoms with van der Waals surface area (Å²) in [5, 5.41) is 3.25. The first kappa shape index (κ1) is 15.6. The number of rotatable bonds is 5. The molecule has 1 aromatic rings. The molecule has 0 bridgehead atoms. The van der Waals surface area contributed by atoms with Gasteiger partial charge < -0.3 is 19.7 Å². The number of ether oxygens (including phenoxy) is 2. The number of nitrogens with one attached hydrogen (secondary N) is 1. The zero-order valence-electron chi connectivity index (χ0n) is 13.0. The van der Waals surface area contributed by atoms with Crippen LogP contribution >= 0.6 is 0 Å². The zero-order valence-corrected chi connectivity index (χ0v) is 13.0. The first-order valence-electron chi connectivity index (χ1n) is 7.34. The van der Waals surface area contributed by atoms with Crippen molar-refractivity contribution in [3.05, 3.63) is 23.8 Å². The van der Waals surface area contributed by atoms with Crippen LogP contribution in [0.25, 0.3) is 0 Å². The third-order valence-corrected chi connectivity index (χ3v) is 4.01. The third kappa shape index (κ3) is 3.88. The second-order valence-corrected chi connectivity index (χ2v) is 5.32. The number of benzene rings is 1. The van der Waals surface area contributed by atoms with Gasteiger partial charge in [0.05, 0.1) is 20.6 Å². The van der Waals surface area contributed by atoms with Crippen LogP contribution in [0.4, 0.5) is 0 Å². The summed E-state index contributed by atoms with van der Waals surface area (Å²) in [7, 11) is 5.19. The summed E-state index contributed by atoms with van der Waals surface area (Å²) in [5.41, 5.74) is 0.869. The van der Waals surface area contributed by atoms with Crippen LogP contribution in [0.15, 0.2) is 18.2 Å². The Hall–Kier alpha value is -1.75. The van der Waals surface area contributed by atoms with E-state index in [4.69, 9.17) is 9.47 Å². The first-order valence-corrected chi connectivity index (χ1v) is 7.34. The number of piperidine rings is 1. The lowest BCUT2D eigenvalue weighted by Gasteiger charge is -2.32. The van der Waals surface area contributed by atoms with E-state index in [1.54, 1.807) is 14.2 Å². The van der Waals surface area contributed by atoms with Crippen molar-refractivity contribution in [2.75, 3.05) is 34.4 Å². The average Bonchev–Trinajstić information content (AvgIpc) is 2.54. The van der Waals surface area contributed by atoms with Gasteiger partial charge in [0.1, 0.15) is 11.5 Å². The fourth-order valence-corrected chi connectivity index (χ4v) is 2.73. The second kappa shape index (κ2) is 7.31. The van der Waals surface area contributed by atoms with Gasteiger partial charge in [-0.1, -0.05) is 0 Å². The van der Waals surface area contributed by atoms with Crippen LogP contribution in [0.1, 0.15) is 18.4 Å². The predicted molar refractivity (Wildman–Crippen MR) is 81.9 cm³/mol. The Kier molecular flexibility index (Phi) is 5.44. The van der Waals surface area contributed by atoms with E-state index in [0.717, 1.165) is 43.0 Å². The molecular formula is C16H24N2O3. The Bertz CT molecular complexity index is 490. The van der Waals surface area contributed by atoms with Gasteiger partial charge in [0, 0.05) is 24.7 Å². The monoisotopic (exact) mass is 292 g/mol. The number of methoxy groups -OCH3 is 2. The van der Waals surface area contributed by atoms with E-state index in [-0.39, 0.29) is 5.91 Å². The van der Waals surface area contributed by atoms with Crippen LogP contribution in [-0.4, -0.2) is 51.2 Å². The number of hydrogen-bond acceptors (Lipinski definition) is 4. The molecule has 1 amide bonds. The summed E-state index contributed by atoms with van der Waals surface area (Å²) in [6, 6.07) is 5.95. The number of carbonyl (C=O) groups is 1. The van der Waals surface area contributed by atoms with Gasteiger partial charge in [-0.25, -0.2) is 0 Å². The maximum absolute atomic E-state index is 12.5. The standard InChI is InChI=1S/C16H24N2O3/c1-17-13-5-4-8-18(11-13)16(19)10-12-9-14(20-2)6-7-15(12)21-3/h6-7,9,13,17H,4-5,8,10-11H2,1-3H3. The minimum Gasteiger partial charge on any atom is -0.497 e. The predicted octanol–water partition coefficient (Wildman–Crippen LogP) is 1.46. The van der Waals surface area contributed by atoms with E-state index >= 15 is 0 Å². The minimum atomic E-state index is 0.140. The van der Waals surface area contributed by atoms with E-state index in [0.29, 0.717) is 12.5 Å². The van der Waals surface area contributed by atoms with Crippen LogP contribution in [0.2, 0.25) is 0 Å². The summed E-state index contributed by atoms with van der Waals surface area (Å²) in [4.78, 5) is 14.4. The molecule has 0 radical (unpaired) electrons. The van der Waals surface area contributed by atoms with E-state index in [1.165, 1.54) is 0 Å². The first-order chi connectivity index (χ1) is 10.2. The number of likely N-dealkylation sites (N-methyl/N-ethyl adjacent to an activating group) is 1. The highest BCUT2D eigenvalue weighted by Crippen LogP contribution is 2.25. The Morgan fingerprint density at radius 1 is 1.38 bits per heavy atom. The molecule has 116 valence electrons. The molecule has 5 heteroatoms. The van der Waals surface area contributed by atoms with Crippen molar-refractivity contribution in [3.63, 3.8) is 0 Å². The highest BCUT2D eigenvalue weighted by molar-refractivity contribution is 5.79. The van der Waals surface area contributed by atoms with Crippen LogP contribution < -0.4 is 14.8 Å². The maximum Gasteiger partial charge on any atom is 0.227 e. The van der Waals surface area contributed by atoms with Gasteiger partial charge in [0.25, 0.3) is 0 Å². The number of nitrogens with zero attached hydrogens (tertiary/aromatic N) is 1. The summed E-state index contributed by atoms with van der Waals surface area (Å²) in [6.45, 7) is 1.62. The number of likely N-dealkylation sites (tertiary alicyclic amines) is 1. The molecule has 1 N–H and O–H groups in total. The van der Waals surface area contributed by atoms with E-state index < -0.39 is 0 Å². The lowest BCUT2D eigenvalue weighted by Crippen LogP contribution is -2.47. The molecule has 0 saturated carbocycles. The maximum atomic E-state index is 12.5. The molecule has 1 aromatic carbocycles. The SMILES string of the molecule is CNC1CCCN(C(=O)Cc2cc(OC)ccc2OC)C1. The van der Waals surface area contributed by atoms with Crippen molar-refractivity contribution in [2.24, 2.45) is 0 Å². The van der Waals surface area contributed by atoms with Crippen LogP contribution in [0.5, 0.6) is 11.5 Å². The van der Waals surface area contributed by atoms with Crippen molar-refractivity contribution >= 4 is 5.91 Å². The van der Waals surface area contributed by atoms with Gasteiger partial charge in [-0.15, -0.1) is 0 Å². The molecule has 0 aromatic heterocycles. The Morgan fingerprint density at radius 3 is 2.86 bits per heavy atom. The van der Waals surface area contributed by atoms with Crippen molar-refractivity contribution < 1.29 is 14.3 Å². The molecule has 1 saturated heterocycles. The topological polar surface area (TPSA) is 50.8 Å². The number of amides is 1. The smallest absolute Gasteiger partial charge is 0.227 e. The molecule has 21 heavy (non-hydrogen) atoms. The zero-order chi connectivity index (χ0) is 15.2. The Labute approximate surface area is 126 Å². The Balaban J connectivity index is 2.08. The molecule has 2 rings (SSSR count). The van der Waals surface area contributed by atoms with Crippen molar-refractivity contribution in [1.82, 2.24) is 10.2 Å². The number of carbonyl (C=O) groups excluding carboxylic acids is 1. The summed E-state index contributed by atoms with van der Waals surface area (Å²) >= 11 is 0. The molecule has 5 nitrogen and oxygen atoms in total. The van der Waals surface area contributed by atoms with Crippen LogP contribution in [-0.2, 0) is 11.2 Å². The van der Waals surface area contributed by atoms with Gasteiger partial charge >= 0.3 is 0 Å². The molecule has 0 aliphatic carbocycles. The van der Waals surface area contributed by atoms with E-state index in [1.807, 2.05) is 30.1 Å². The molecule has 1 aliphatic rings. The van der Waals surface area contributed by atoms with E-state index in [2.05, 4.69) is 5.32 Å². The summed E-state index contributed by atoms with van der Waals surface area (Å²) in [6.07, 6.45) is 2.52. The van der Waals surface area contributed by atoms with Crippen molar-refractivity contribution in [1.29, 1.82) is 0 Å². The quantitative estimate of drug-likeness (QED) is 0.892. The molecule has 1 heterocycles. The highest BCUT2D eigenvalue weighted by Gasteiger charge is 2.23. The van der Waals surface area contributed by atoms with Gasteiger partial charge in [-0.05, 0) is 38.1 Å². The molecule has 1 atom stereocenters. The van der Waals surface area contributed by atoms with Gasteiger partial charge in [-0.3, -0.25) is 4.79 Å². The second-order valence-electron chi connectivity index (χ2n) is 5.32. The Morgan fingerprint density at radius 2 is 2.19 bits per heavy atom. The third-order valence-electron chi connectivity index (χ3n) is 4.01. The minimum absolute atomic E-state index is 0.140. The highest BCUT2D eigenvalue weighted by atomic mass is 16.5. The molecule has 1 aliphatic heterocycles. The molecule has 0 spiro atoms. The van der Waals surface area contributed by atoms with Crippen LogP contribution in [0.3, 0.4) is 0 Å². The fourth-order valence-electron chi connectivity index (χ4n) is 2.73. The van der Waals surface area contributed by atoms with Gasteiger partial charge in [-0.2, -0.15) is 0 Å². The summed E-state index contributed by atoms with van der Waals surface area (Å²) in [5.74, 6) is 1.61. The molecular weight excluding hydrogens is 268 g/mol. The normalized spacial score (nSPS) is 18.4. The lowest BCUT2D eigenvalue weighted by atomic mass is 10.0. The van der Waals surface area contributed by atoms with Crippen LogP contribution in [0, 0.1) is 0 Å². The van der Waals surface area contributed by atoms with E-state index in [9.17, 15) is 4.79 Å². The number of hydrogen-bond donors (Lipinski definition) is 1. The molecule has 1 fully saturated rings. The van der Waals surface area contributed by atoms with Crippen molar-refractivity contribution in [2.45, 2.75) is 25.3 Å². The van der Waals surface area contributed by atoms with Gasteiger partial charge in [0.2, 0.25) is 5.91 Å². The summed E-state index contributed by atoms with van der Waals surface area (Å²) < 4.78 is 10.6. The van der Waals surface area contributed by atoms with Crippen molar-refractivity contribution in [3.8, 4) is 11.5 Å². The molecule has 1 unspecified atom stereocenters. The lowest BCUT2D eigenvalue weighted by molar-refractivity contribution is -0.131. The fraction of sp³-hybridized carbons (Fsp3) is 0.562.